The molecule has 1 unspecified atom stereocenters. The molecule has 0 aliphatic carbocycles. The summed E-state index contributed by atoms with van der Waals surface area (Å²) in [6.45, 7) is 3.54. The first kappa shape index (κ1) is 26.7. The Hall–Kier alpha value is -3.88. The van der Waals surface area contributed by atoms with Crippen LogP contribution in [0.5, 0.6) is 11.5 Å². The molecule has 1 atom stereocenters. The van der Waals surface area contributed by atoms with E-state index in [-0.39, 0.29) is 37.0 Å². The Morgan fingerprint density at radius 2 is 1.86 bits per heavy atom. The second-order valence-electron chi connectivity index (χ2n) is 8.30. The van der Waals surface area contributed by atoms with Crippen molar-refractivity contribution in [3.05, 3.63) is 70.7 Å². The molecule has 0 saturated heterocycles. The summed E-state index contributed by atoms with van der Waals surface area (Å²) in [6.07, 6.45) is 0.471. The van der Waals surface area contributed by atoms with Gasteiger partial charge in [0.05, 0.1) is 26.4 Å². The molecular formula is C27H31FN2O6. The van der Waals surface area contributed by atoms with Gasteiger partial charge in [-0.25, -0.2) is 9.18 Å². The molecule has 8 nitrogen and oxygen atoms in total. The highest BCUT2D eigenvalue weighted by molar-refractivity contribution is 5.97. The van der Waals surface area contributed by atoms with Crippen molar-refractivity contribution in [1.29, 1.82) is 0 Å². The number of ether oxygens (including phenoxy) is 3. The Kier molecular flexibility index (Phi) is 9.05. The number of amides is 2. The number of hydrogen-bond donors (Lipinski definition) is 1. The Morgan fingerprint density at radius 1 is 1.11 bits per heavy atom. The number of carbonyl (C=O) groups excluding carboxylic acids is 3. The Balaban J connectivity index is 1.72. The van der Waals surface area contributed by atoms with Crippen molar-refractivity contribution in [2.45, 2.75) is 32.6 Å². The van der Waals surface area contributed by atoms with Crippen LogP contribution < -0.4 is 14.8 Å². The van der Waals surface area contributed by atoms with Crippen LogP contribution in [0.3, 0.4) is 0 Å². The summed E-state index contributed by atoms with van der Waals surface area (Å²) in [6, 6.07) is 11.3. The van der Waals surface area contributed by atoms with Gasteiger partial charge in [-0.15, -0.1) is 0 Å². The van der Waals surface area contributed by atoms with Gasteiger partial charge in [-0.3, -0.25) is 9.59 Å². The lowest BCUT2D eigenvalue weighted by Crippen LogP contribution is -2.44. The first-order valence-corrected chi connectivity index (χ1v) is 11.7. The second kappa shape index (κ2) is 12.2. The highest BCUT2D eigenvalue weighted by Gasteiger charge is 2.37. The molecule has 1 heterocycles. The SMILES string of the molecule is CCOC(=O)C1=C(C)N(CC(=O)NCCc2ccc(OC)c(OC)c2)C(=O)CC1c1cccc(F)c1. The van der Waals surface area contributed by atoms with Crippen LogP contribution in [0.15, 0.2) is 53.7 Å². The average molecular weight is 499 g/mol. The van der Waals surface area contributed by atoms with Crippen molar-refractivity contribution >= 4 is 17.8 Å². The van der Waals surface area contributed by atoms with E-state index in [1.807, 2.05) is 12.1 Å². The highest BCUT2D eigenvalue weighted by Crippen LogP contribution is 2.37. The first-order chi connectivity index (χ1) is 17.3. The van der Waals surface area contributed by atoms with Gasteiger partial charge in [0, 0.05) is 24.6 Å². The summed E-state index contributed by atoms with van der Waals surface area (Å²) in [5.74, 6) is -1.18. The minimum absolute atomic E-state index is 0.0755. The lowest BCUT2D eigenvalue weighted by Gasteiger charge is -2.34. The number of methoxy groups -OCH3 is 2. The molecule has 0 saturated carbocycles. The van der Waals surface area contributed by atoms with Crippen LogP contribution in [-0.2, 0) is 25.5 Å². The molecule has 2 aromatic rings. The van der Waals surface area contributed by atoms with Gasteiger partial charge in [0.1, 0.15) is 12.4 Å². The van der Waals surface area contributed by atoms with Gasteiger partial charge in [0.25, 0.3) is 0 Å². The summed E-state index contributed by atoms with van der Waals surface area (Å²) in [4.78, 5) is 39.8. The minimum atomic E-state index is -0.656. The molecule has 1 N–H and O–H groups in total. The molecule has 0 bridgehead atoms. The molecular weight excluding hydrogens is 467 g/mol. The zero-order valence-electron chi connectivity index (χ0n) is 20.9. The van der Waals surface area contributed by atoms with Crippen LogP contribution in [0.2, 0.25) is 0 Å². The smallest absolute Gasteiger partial charge is 0.336 e. The number of halogens is 1. The summed E-state index contributed by atoms with van der Waals surface area (Å²) >= 11 is 0. The van der Waals surface area contributed by atoms with Crippen LogP contribution in [0.4, 0.5) is 4.39 Å². The normalized spacial score (nSPS) is 15.5. The number of nitrogens with zero attached hydrogens (tertiary/aromatic N) is 1. The lowest BCUT2D eigenvalue weighted by atomic mass is 9.83. The predicted molar refractivity (Wildman–Crippen MR) is 131 cm³/mol. The van der Waals surface area contributed by atoms with E-state index in [0.717, 1.165) is 5.56 Å². The maximum atomic E-state index is 13.9. The number of benzene rings is 2. The molecule has 0 radical (unpaired) electrons. The monoisotopic (exact) mass is 498 g/mol. The third kappa shape index (κ3) is 6.21. The van der Waals surface area contributed by atoms with E-state index < -0.39 is 17.7 Å². The lowest BCUT2D eigenvalue weighted by molar-refractivity contribution is -0.141. The highest BCUT2D eigenvalue weighted by atomic mass is 19.1. The molecule has 2 aromatic carbocycles. The molecule has 0 fully saturated rings. The fourth-order valence-corrected chi connectivity index (χ4v) is 4.27. The first-order valence-electron chi connectivity index (χ1n) is 11.7. The molecule has 1 aliphatic rings. The fraction of sp³-hybridized carbons (Fsp3) is 0.370. The number of esters is 1. The third-order valence-electron chi connectivity index (χ3n) is 6.05. The van der Waals surface area contributed by atoms with Crippen LogP contribution in [0.25, 0.3) is 0 Å². The Morgan fingerprint density at radius 3 is 2.53 bits per heavy atom. The second-order valence-corrected chi connectivity index (χ2v) is 8.30. The zero-order chi connectivity index (χ0) is 26.2. The van der Waals surface area contributed by atoms with Crippen LogP contribution in [0.1, 0.15) is 37.3 Å². The van der Waals surface area contributed by atoms with Crippen molar-refractivity contribution in [2.24, 2.45) is 0 Å². The van der Waals surface area contributed by atoms with Gasteiger partial charge in [-0.2, -0.15) is 0 Å². The Bertz CT molecular complexity index is 1160. The fourth-order valence-electron chi connectivity index (χ4n) is 4.27. The third-order valence-corrected chi connectivity index (χ3v) is 6.05. The van der Waals surface area contributed by atoms with E-state index in [1.165, 1.54) is 23.1 Å². The molecule has 192 valence electrons. The van der Waals surface area contributed by atoms with Gasteiger partial charge in [0.2, 0.25) is 11.8 Å². The molecule has 0 spiro atoms. The summed E-state index contributed by atoms with van der Waals surface area (Å²) in [5, 5.41) is 2.81. The van der Waals surface area contributed by atoms with Crippen molar-refractivity contribution in [2.75, 3.05) is 33.9 Å². The van der Waals surface area contributed by atoms with Crippen LogP contribution in [-0.4, -0.2) is 56.6 Å². The number of nitrogens with one attached hydrogen (secondary N) is 1. The maximum Gasteiger partial charge on any atom is 0.336 e. The molecule has 36 heavy (non-hydrogen) atoms. The van der Waals surface area contributed by atoms with Crippen LogP contribution >= 0.6 is 0 Å². The predicted octanol–water partition coefficient (Wildman–Crippen LogP) is 3.35. The summed E-state index contributed by atoms with van der Waals surface area (Å²) in [5.41, 5.74) is 2.03. The van der Waals surface area contributed by atoms with E-state index >= 15 is 0 Å². The quantitative estimate of drug-likeness (QED) is 0.505. The van der Waals surface area contributed by atoms with Gasteiger partial charge >= 0.3 is 5.97 Å². The maximum absolute atomic E-state index is 13.9. The largest absolute Gasteiger partial charge is 0.493 e. The molecule has 0 aromatic heterocycles. The van der Waals surface area contributed by atoms with Gasteiger partial charge in [-0.1, -0.05) is 18.2 Å². The number of allylic oxidation sites excluding steroid dienone is 1. The number of hydrogen-bond acceptors (Lipinski definition) is 6. The van der Waals surface area contributed by atoms with E-state index in [0.29, 0.717) is 35.7 Å². The van der Waals surface area contributed by atoms with E-state index in [2.05, 4.69) is 5.32 Å². The van der Waals surface area contributed by atoms with E-state index in [1.54, 1.807) is 40.2 Å². The summed E-state index contributed by atoms with van der Waals surface area (Å²) in [7, 11) is 3.11. The van der Waals surface area contributed by atoms with Gasteiger partial charge in [-0.05, 0) is 55.7 Å². The average Bonchev–Trinajstić information content (AvgIpc) is 2.86. The molecule has 9 heteroatoms. The molecule has 2 amide bonds. The standard InChI is InChI=1S/C27H31FN2O6/c1-5-36-27(33)26-17(2)30(25(32)15-21(26)19-7-6-8-20(28)14-19)16-24(31)29-12-11-18-9-10-22(34-3)23(13-18)35-4/h6-10,13-14,21H,5,11-12,15-16H2,1-4H3,(H,29,31). The van der Waals surface area contributed by atoms with Crippen molar-refractivity contribution in [3.63, 3.8) is 0 Å². The number of carbonyl (C=O) groups is 3. The summed E-state index contributed by atoms with van der Waals surface area (Å²) < 4.78 is 29.6. The molecule has 3 rings (SSSR count). The van der Waals surface area contributed by atoms with Gasteiger partial charge < -0.3 is 24.4 Å². The van der Waals surface area contributed by atoms with Crippen molar-refractivity contribution in [1.82, 2.24) is 10.2 Å². The Labute approximate surface area is 210 Å². The van der Waals surface area contributed by atoms with Gasteiger partial charge in [0.15, 0.2) is 11.5 Å². The van der Waals surface area contributed by atoms with Crippen molar-refractivity contribution < 1.29 is 33.0 Å². The van der Waals surface area contributed by atoms with E-state index in [9.17, 15) is 18.8 Å². The number of rotatable bonds is 10. The molecule has 1 aliphatic heterocycles. The topological polar surface area (TPSA) is 94.2 Å². The zero-order valence-corrected chi connectivity index (χ0v) is 20.9. The van der Waals surface area contributed by atoms with E-state index in [4.69, 9.17) is 14.2 Å². The van der Waals surface area contributed by atoms with Crippen LogP contribution in [0, 0.1) is 5.82 Å². The van der Waals surface area contributed by atoms with Crippen molar-refractivity contribution in [3.8, 4) is 11.5 Å². The minimum Gasteiger partial charge on any atom is -0.493 e.